The highest BCUT2D eigenvalue weighted by Gasteiger charge is 2.30. The molecule has 9 heteroatoms. The van der Waals surface area contributed by atoms with Crippen LogP contribution in [0.1, 0.15) is 30.0 Å². The third kappa shape index (κ3) is 5.16. The molecule has 3 aromatic rings. The number of carbonyl (C=O) groups is 2. The van der Waals surface area contributed by atoms with Crippen molar-refractivity contribution in [3.8, 4) is 10.7 Å². The van der Waals surface area contributed by atoms with E-state index in [1.54, 1.807) is 18.4 Å². The zero-order valence-corrected chi connectivity index (χ0v) is 19.4. The van der Waals surface area contributed by atoms with Crippen molar-refractivity contribution in [2.45, 2.75) is 37.9 Å². The molecular weight excluding hydrogens is 430 g/mol. The first-order chi connectivity index (χ1) is 14.9. The molecule has 1 aliphatic rings. The van der Waals surface area contributed by atoms with Crippen LogP contribution in [0.25, 0.3) is 10.7 Å². The molecule has 1 aromatic carbocycles. The van der Waals surface area contributed by atoms with Gasteiger partial charge in [0.2, 0.25) is 11.8 Å². The van der Waals surface area contributed by atoms with Crippen LogP contribution in [0.5, 0.6) is 0 Å². The van der Waals surface area contributed by atoms with Gasteiger partial charge in [-0.05, 0) is 55.3 Å². The minimum absolute atomic E-state index is 0.00252. The number of thiophene rings is 1. The molecule has 162 valence electrons. The third-order valence-corrected chi connectivity index (χ3v) is 6.91. The molecule has 0 bridgehead atoms. The molecule has 2 amide bonds. The molecule has 1 saturated carbocycles. The summed E-state index contributed by atoms with van der Waals surface area (Å²) in [7, 11) is 1.65. The molecule has 4 rings (SSSR count). The number of benzene rings is 1. The first kappa shape index (κ1) is 21.6. The number of rotatable bonds is 8. The van der Waals surface area contributed by atoms with E-state index in [9.17, 15) is 9.59 Å². The Labute approximate surface area is 189 Å². The summed E-state index contributed by atoms with van der Waals surface area (Å²) in [5, 5.41) is 14.4. The number of carbonyl (C=O) groups excluding carboxylic acids is 2. The lowest BCUT2D eigenvalue weighted by atomic mass is 10.1. The predicted molar refractivity (Wildman–Crippen MR) is 125 cm³/mol. The van der Waals surface area contributed by atoms with Gasteiger partial charge >= 0.3 is 0 Å². The minimum Gasteiger partial charge on any atom is -0.336 e. The lowest BCUT2D eigenvalue weighted by Gasteiger charge is -2.17. The van der Waals surface area contributed by atoms with Crippen LogP contribution >= 0.6 is 23.1 Å². The molecule has 0 unspecified atom stereocenters. The van der Waals surface area contributed by atoms with Gasteiger partial charge in [-0.25, -0.2) is 0 Å². The van der Waals surface area contributed by atoms with E-state index in [1.165, 1.54) is 16.7 Å². The Bertz CT molecular complexity index is 1090. The normalized spacial score (nSPS) is 13.3. The van der Waals surface area contributed by atoms with E-state index in [0.29, 0.717) is 6.04 Å². The molecule has 0 atom stereocenters. The number of anilines is 1. The number of nitrogens with zero attached hydrogens (tertiary/aromatic N) is 4. The van der Waals surface area contributed by atoms with E-state index < -0.39 is 0 Å². The summed E-state index contributed by atoms with van der Waals surface area (Å²) < 4.78 is 2.15. The number of amides is 2. The highest BCUT2D eigenvalue weighted by Crippen LogP contribution is 2.41. The number of thioether (sulfide) groups is 1. The molecule has 1 aliphatic carbocycles. The maximum absolute atomic E-state index is 12.6. The predicted octanol–water partition coefficient (Wildman–Crippen LogP) is 4.15. The summed E-state index contributed by atoms with van der Waals surface area (Å²) >= 11 is 3.01. The monoisotopic (exact) mass is 455 g/mol. The maximum atomic E-state index is 12.6. The van der Waals surface area contributed by atoms with Crippen molar-refractivity contribution in [2.75, 3.05) is 24.7 Å². The Kier molecular flexibility index (Phi) is 6.43. The smallest absolute Gasteiger partial charge is 0.243 e. The summed E-state index contributed by atoms with van der Waals surface area (Å²) in [5.74, 6) is 0.747. The van der Waals surface area contributed by atoms with Crippen LogP contribution in [-0.4, -0.2) is 50.8 Å². The molecule has 0 radical (unpaired) electrons. The SMILES string of the molecule is Cc1ccc(C)c(NC(=O)CN(C)C(=O)CSc2nnc(-c3cccs3)n2C2CC2)c1. The van der Waals surface area contributed by atoms with Crippen LogP contribution in [0.4, 0.5) is 5.69 Å². The summed E-state index contributed by atoms with van der Waals surface area (Å²) in [6.45, 7) is 3.93. The van der Waals surface area contributed by atoms with Crippen LogP contribution in [0.3, 0.4) is 0 Å². The van der Waals surface area contributed by atoms with Crippen LogP contribution in [0, 0.1) is 13.8 Å². The Hall–Kier alpha value is -2.65. The van der Waals surface area contributed by atoms with Crippen LogP contribution in [-0.2, 0) is 9.59 Å². The largest absolute Gasteiger partial charge is 0.336 e. The molecule has 7 nitrogen and oxygen atoms in total. The van der Waals surface area contributed by atoms with Gasteiger partial charge in [0, 0.05) is 18.8 Å². The van der Waals surface area contributed by atoms with Gasteiger partial charge in [-0.3, -0.25) is 14.2 Å². The Balaban J connectivity index is 1.35. The van der Waals surface area contributed by atoms with Gasteiger partial charge in [-0.15, -0.1) is 21.5 Å². The van der Waals surface area contributed by atoms with Gasteiger partial charge in [0.05, 0.1) is 17.2 Å². The topological polar surface area (TPSA) is 80.1 Å². The van der Waals surface area contributed by atoms with Crippen molar-refractivity contribution in [1.82, 2.24) is 19.7 Å². The number of hydrogen-bond donors (Lipinski definition) is 1. The average Bonchev–Trinajstić information content (AvgIpc) is 3.25. The third-order valence-electron chi connectivity index (χ3n) is 5.12. The lowest BCUT2D eigenvalue weighted by Crippen LogP contribution is -2.36. The molecule has 31 heavy (non-hydrogen) atoms. The van der Waals surface area contributed by atoms with Crippen molar-refractivity contribution in [3.63, 3.8) is 0 Å². The van der Waals surface area contributed by atoms with Crippen LogP contribution in [0.2, 0.25) is 0 Å². The maximum Gasteiger partial charge on any atom is 0.243 e. The minimum atomic E-state index is -0.212. The molecule has 2 aromatic heterocycles. The summed E-state index contributed by atoms with van der Waals surface area (Å²) in [5.41, 5.74) is 2.84. The summed E-state index contributed by atoms with van der Waals surface area (Å²) in [6, 6.07) is 10.3. The van der Waals surface area contributed by atoms with Gasteiger partial charge < -0.3 is 10.2 Å². The van der Waals surface area contributed by atoms with E-state index >= 15 is 0 Å². The summed E-state index contributed by atoms with van der Waals surface area (Å²) in [6.07, 6.45) is 2.22. The molecule has 0 aliphatic heterocycles. The molecule has 2 heterocycles. The number of nitrogens with one attached hydrogen (secondary N) is 1. The second-order valence-corrected chi connectivity index (χ2v) is 9.68. The summed E-state index contributed by atoms with van der Waals surface area (Å²) in [4.78, 5) is 27.6. The molecule has 1 fully saturated rings. The highest BCUT2D eigenvalue weighted by atomic mass is 32.2. The number of likely N-dealkylation sites (N-methyl/N-ethyl adjacent to an activating group) is 1. The first-order valence-electron chi connectivity index (χ1n) is 10.1. The second-order valence-electron chi connectivity index (χ2n) is 7.79. The quantitative estimate of drug-likeness (QED) is 0.516. The van der Waals surface area contributed by atoms with Gasteiger partial charge in [0.1, 0.15) is 0 Å². The Morgan fingerprint density at radius 2 is 2.06 bits per heavy atom. The van der Waals surface area contributed by atoms with Crippen molar-refractivity contribution >= 4 is 40.6 Å². The van der Waals surface area contributed by atoms with Gasteiger partial charge in [0.15, 0.2) is 11.0 Å². The standard InChI is InChI=1S/C22H25N5O2S2/c1-14-6-7-15(2)17(11-14)23-19(28)12-26(3)20(29)13-31-22-25-24-21(18-5-4-10-30-18)27(22)16-8-9-16/h4-7,10-11,16H,8-9,12-13H2,1-3H3,(H,23,28). The Morgan fingerprint density at radius 1 is 1.26 bits per heavy atom. The van der Waals surface area contributed by atoms with Gasteiger partial charge in [0.25, 0.3) is 0 Å². The second kappa shape index (κ2) is 9.23. The van der Waals surface area contributed by atoms with Crippen LogP contribution < -0.4 is 5.32 Å². The van der Waals surface area contributed by atoms with E-state index in [0.717, 1.165) is 45.5 Å². The van der Waals surface area contributed by atoms with Gasteiger partial charge in [-0.2, -0.15) is 0 Å². The molecule has 0 saturated heterocycles. The number of aryl methyl sites for hydroxylation is 2. The van der Waals surface area contributed by atoms with Crippen molar-refractivity contribution < 1.29 is 9.59 Å². The van der Waals surface area contributed by atoms with E-state index in [1.807, 2.05) is 49.6 Å². The highest BCUT2D eigenvalue weighted by molar-refractivity contribution is 7.99. The number of hydrogen-bond acceptors (Lipinski definition) is 6. The average molecular weight is 456 g/mol. The fraction of sp³-hybridized carbons (Fsp3) is 0.364. The molecular formula is C22H25N5O2S2. The van der Waals surface area contributed by atoms with Crippen LogP contribution in [0.15, 0.2) is 40.9 Å². The van der Waals surface area contributed by atoms with Crippen molar-refractivity contribution in [2.24, 2.45) is 0 Å². The zero-order chi connectivity index (χ0) is 22.0. The van der Waals surface area contributed by atoms with Crippen molar-refractivity contribution in [3.05, 3.63) is 46.8 Å². The zero-order valence-electron chi connectivity index (χ0n) is 17.8. The van der Waals surface area contributed by atoms with E-state index in [4.69, 9.17) is 0 Å². The Morgan fingerprint density at radius 3 is 2.77 bits per heavy atom. The molecule has 1 N–H and O–H groups in total. The van der Waals surface area contributed by atoms with Gasteiger partial charge in [-0.1, -0.05) is 30.0 Å². The number of aromatic nitrogens is 3. The van der Waals surface area contributed by atoms with E-state index in [2.05, 4.69) is 20.1 Å². The van der Waals surface area contributed by atoms with Crippen molar-refractivity contribution in [1.29, 1.82) is 0 Å². The first-order valence-corrected chi connectivity index (χ1v) is 12.0. The molecule has 0 spiro atoms. The lowest BCUT2D eigenvalue weighted by molar-refractivity contribution is -0.131. The fourth-order valence-corrected chi connectivity index (χ4v) is 4.86. The fourth-order valence-electron chi connectivity index (χ4n) is 3.21. The van der Waals surface area contributed by atoms with E-state index in [-0.39, 0.29) is 24.1 Å².